The van der Waals surface area contributed by atoms with E-state index in [1.807, 2.05) is 5.38 Å². The van der Waals surface area contributed by atoms with Gasteiger partial charge in [-0.25, -0.2) is 9.37 Å². The molecule has 0 aliphatic carbocycles. The zero-order chi connectivity index (χ0) is 18.0. The first-order valence-corrected chi connectivity index (χ1v) is 9.66. The van der Waals surface area contributed by atoms with Crippen LogP contribution in [-0.2, 0) is 11.3 Å². The maximum Gasteiger partial charge on any atom is 0.260 e. The number of hydrogen-bond donors (Lipinski definition) is 1. The SMILES string of the molecule is C[C@H]1CN(Cc2csc(NC(=O)c3cc(Br)ccc3F)n2)C[C@H](C)O1. The first-order valence-electron chi connectivity index (χ1n) is 7.99. The fraction of sp³-hybridized carbons (Fsp3) is 0.412. The van der Waals surface area contributed by atoms with Crippen LogP contribution in [0.1, 0.15) is 29.9 Å². The summed E-state index contributed by atoms with van der Waals surface area (Å²) in [5, 5.41) is 5.05. The topological polar surface area (TPSA) is 54.5 Å². The van der Waals surface area contributed by atoms with Crippen LogP contribution >= 0.6 is 27.3 Å². The molecule has 1 aliphatic heterocycles. The Balaban J connectivity index is 1.63. The van der Waals surface area contributed by atoms with Crippen LogP contribution < -0.4 is 5.32 Å². The summed E-state index contributed by atoms with van der Waals surface area (Å²) in [5.41, 5.74) is 0.873. The predicted molar refractivity (Wildman–Crippen MR) is 99.5 cm³/mol. The van der Waals surface area contributed by atoms with Crippen LogP contribution in [-0.4, -0.2) is 41.1 Å². The van der Waals surface area contributed by atoms with Gasteiger partial charge in [-0.2, -0.15) is 0 Å². The molecule has 2 heterocycles. The Hall–Kier alpha value is -1.35. The largest absolute Gasteiger partial charge is 0.373 e. The first-order chi connectivity index (χ1) is 11.9. The molecule has 0 spiro atoms. The quantitative estimate of drug-likeness (QED) is 0.803. The lowest BCUT2D eigenvalue weighted by Crippen LogP contribution is -2.44. The number of morpholine rings is 1. The monoisotopic (exact) mass is 427 g/mol. The molecule has 1 amide bonds. The second-order valence-corrected chi connectivity index (χ2v) is 7.95. The van der Waals surface area contributed by atoms with Gasteiger partial charge in [0, 0.05) is 29.5 Å². The summed E-state index contributed by atoms with van der Waals surface area (Å²) in [5.74, 6) is -1.07. The normalized spacial score (nSPS) is 21.3. The number of aromatic nitrogens is 1. The van der Waals surface area contributed by atoms with Crippen molar-refractivity contribution in [2.45, 2.75) is 32.6 Å². The van der Waals surface area contributed by atoms with Crippen LogP contribution in [0.4, 0.5) is 9.52 Å². The van der Waals surface area contributed by atoms with Crippen LogP contribution in [0.15, 0.2) is 28.1 Å². The van der Waals surface area contributed by atoms with Gasteiger partial charge in [-0.1, -0.05) is 15.9 Å². The Labute approximate surface area is 158 Å². The number of carbonyl (C=O) groups is 1. The van der Waals surface area contributed by atoms with Crippen molar-refractivity contribution in [3.63, 3.8) is 0 Å². The third-order valence-corrected chi connectivity index (χ3v) is 5.13. The maximum atomic E-state index is 13.8. The van der Waals surface area contributed by atoms with Crippen molar-refractivity contribution in [1.29, 1.82) is 0 Å². The van der Waals surface area contributed by atoms with Crippen LogP contribution in [0, 0.1) is 5.82 Å². The van der Waals surface area contributed by atoms with Crippen molar-refractivity contribution in [3.8, 4) is 0 Å². The third kappa shape index (κ3) is 4.84. The van der Waals surface area contributed by atoms with E-state index in [4.69, 9.17) is 4.74 Å². The number of halogens is 2. The van der Waals surface area contributed by atoms with E-state index in [1.165, 1.54) is 23.5 Å². The van der Waals surface area contributed by atoms with Gasteiger partial charge in [-0.15, -0.1) is 11.3 Å². The molecule has 0 saturated carbocycles. The van der Waals surface area contributed by atoms with Gasteiger partial charge in [0.1, 0.15) is 5.82 Å². The van der Waals surface area contributed by atoms with Crippen molar-refractivity contribution in [3.05, 3.63) is 45.1 Å². The van der Waals surface area contributed by atoms with Crippen LogP contribution in [0.2, 0.25) is 0 Å². The smallest absolute Gasteiger partial charge is 0.260 e. The minimum atomic E-state index is -0.561. The molecule has 2 atom stereocenters. The van der Waals surface area contributed by atoms with E-state index in [-0.39, 0.29) is 17.8 Å². The van der Waals surface area contributed by atoms with Crippen molar-refractivity contribution in [2.75, 3.05) is 18.4 Å². The predicted octanol–water partition coefficient (Wildman–Crippen LogP) is 3.91. The number of benzene rings is 1. The minimum absolute atomic E-state index is 0.0121. The number of rotatable bonds is 4. The molecule has 1 saturated heterocycles. The van der Waals surface area contributed by atoms with Crippen molar-refractivity contribution in [2.24, 2.45) is 0 Å². The Kier molecular flexibility index (Phi) is 5.83. The van der Waals surface area contributed by atoms with Gasteiger partial charge in [0.05, 0.1) is 23.5 Å². The summed E-state index contributed by atoms with van der Waals surface area (Å²) < 4.78 is 20.2. The average molecular weight is 428 g/mol. The van der Waals surface area contributed by atoms with E-state index in [9.17, 15) is 9.18 Å². The molecular formula is C17H19BrFN3O2S. The van der Waals surface area contributed by atoms with Gasteiger partial charge in [-0.3, -0.25) is 15.0 Å². The summed E-state index contributed by atoms with van der Waals surface area (Å²) in [6.45, 7) is 6.53. The molecule has 2 aromatic rings. The summed E-state index contributed by atoms with van der Waals surface area (Å²) in [6, 6.07) is 4.26. The van der Waals surface area contributed by atoms with E-state index in [2.05, 4.69) is 45.0 Å². The summed E-state index contributed by atoms with van der Waals surface area (Å²) in [7, 11) is 0. The second-order valence-electron chi connectivity index (χ2n) is 6.17. The summed E-state index contributed by atoms with van der Waals surface area (Å²) in [4.78, 5) is 19.0. The average Bonchev–Trinajstić information content (AvgIpc) is 2.95. The van der Waals surface area contributed by atoms with Gasteiger partial charge in [0.15, 0.2) is 5.13 Å². The third-order valence-electron chi connectivity index (χ3n) is 3.83. The fourth-order valence-corrected chi connectivity index (χ4v) is 3.97. The molecule has 3 rings (SSSR count). The number of carbonyl (C=O) groups excluding carboxylic acids is 1. The Bertz CT molecular complexity index is 760. The molecule has 1 aliphatic rings. The van der Waals surface area contributed by atoms with Crippen molar-refractivity contribution in [1.82, 2.24) is 9.88 Å². The molecule has 134 valence electrons. The molecular weight excluding hydrogens is 409 g/mol. The van der Waals surface area contributed by atoms with E-state index in [0.717, 1.165) is 18.8 Å². The van der Waals surface area contributed by atoms with Crippen LogP contribution in [0.3, 0.4) is 0 Å². The second kappa shape index (κ2) is 7.90. The summed E-state index contributed by atoms with van der Waals surface area (Å²) in [6.07, 6.45) is 0.391. The molecule has 0 radical (unpaired) electrons. The van der Waals surface area contributed by atoms with E-state index in [1.54, 1.807) is 6.07 Å². The number of ether oxygens (including phenoxy) is 1. The number of anilines is 1. The molecule has 1 aromatic heterocycles. The van der Waals surface area contributed by atoms with Gasteiger partial charge < -0.3 is 4.74 Å². The van der Waals surface area contributed by atoms with Crippen LogP contribution in [0.25, 0.3) is 0 Å². The number of nitrogens with one attached hydrogen (secondary N) is 1. The first kappa shape index (κ1) is 18.4. The zero-order valence-corrected chi connectivity index (χ0v) is 16.4. The molecule has 1 fully saturated rings. The number of nitrogens with zero attached hydrogens (tertiary/aromatic N) is 2. The highest BCUT2D eigenvalue weighted by Crippen LogP contribution is 2.21. The van der Waals surface area contributed by atoms with Gasteiger partial charge in [0.2, 0.25) is 0 Å². The van der Waals surface area contributed by atoms with Crippen LogP contribution in [0.5, 0.6) is 0 Å². The van der Waals surface area contributed by atoms with E-state index < -0.39 is 11.7 Å². The highest BCUT2D eigenvalue weighted by Gasteiger charge is 2.23. The minimum Gasteiger partial charge on any atom is -0.373 e. The standard InChI is InChI=1S/C17H19BrFN3O2S/c1-10-6-22(7-11(2)24-10)8-13-9-25-17(20-13)21-16(23)14-5-12(18)3-4-15(14)19/h3-5,9-11H,6-8H2,1-2H3,(H,20,21,23)/t10-,11-/m0/s1. The van der Waals surface area contributed by atoms with Crippen molar-refractivity contribution >= 4 is 38.3 Å². The molecule has 0 unspecified atom stereocenters. The maximum absolute atomic E-state index is 13.8. The van der Waals surface area contributed by atoms with Crippen molar-refractivity contribution < 1.29 is 13.9 Å². The molecule has 8 heteroatoms. The highest BCUT2D eigenvalue weighted by molar-refractivity contribution is 9.10. The lowest BCUT2D eigenvalue weighted by molar-refractivity contribution is -0.0707. The lowest BCUT2D eigenvalue weighted by atomic mass is 10.2. The highest BCUT2D eigenvalue weighted by atomic mass is 79.9. The Morgan fingerprint density at radius 2 is 2.16 bits per heavy atom. The molecule has 1 N–H and O–H groups in total. The molecule has 0 bridgehead atoms. The van der Waals surface area contributed by atoms with E-state index in [0.29, 0.717) is 16.1 Å². The van der Waals surface area contributed by atoms with E-state index >= 15 is 0 Å². The van der Waals surface area contributed by atoms with Gasteiger partial charge in [0.25, 0.3) is 5.91 Å². The molecule has 25 heavy (non-hydrogen) atoms. The fourth-order valence-electron chi connectivity index (χ4n) is 2.92. The van der Waals surface area contributed by atoms with Gasteiger partial charge in [-0.05, 0) is 32.0 Å². The Morgan fingerprint density at radius 1 is 1.44 bits per heavy atom. The number of amides is 1. The van der Waals surface area contributed by atoms with Gasteiger partial charge >= 0.3 is 0 Å². The molecule has 5 nitrogen and oxygen atoms in total. The Morgan fingerprint density at radius 3 is 2.88 bits per heavy atom. The number of thiazole rings is 1. The number of hydrogen-bond acceptors (Lipinski definition) is 5. The zero-order valence-electron chi connectivity index (χ0n) is 14.0. The summed E-state index contributed by atoms with van der Waals surface area (Å²) >= 11 is 4.58. The lowest BCUT2D eigenvalue weighted by Gasteiger charge is -2.34. The molecule has 1 aromatic carbocycles.